The zero-order valence-corrected chi connectivity index (χ0v) is 21.4. The molecule has 0 aliphatic heterocycles. The minimum absolute atomic E-state index is 0.0431. The molecule has 0 unspecified atom stereocenters. The molecule has 0 heterocycles. The van der Waals surface area contributed by atoms with E-state index < -0.39 is 0 Å². The van der Waals surface area contributed by atoms with Crippen LogP contribution in [0.4, 0.5) is 11.4 Å². The molecule has 190 valence electrons. The first kappa shape index (κ1) is 29.6. The zero-order chi connectivity index (χ0) is 26.1. The Morgan fingerprint density at radius 1 is 0.571 bits per heavy atom. The molecule has 2 aromatic rings. The molecule has 0 aromatic heterocycles. The molecule has 35 heavy (non-hydrogen) atoms. The topological polar surface area (TPSA) is 104 Å². The number of benzene rings is 2. The highest BCUT2D eigenvalue weighted by molar-refractivity contribution is 5.89. The molecule has 0 atom stereocenters. The Hall–Kier alpha value is -3.48. The number of hydrogen-bond donors (Lipinski definition) is 3. The van der Waals surface area contributed by atoms with Crippen LogP contribution < -0.4 is 16.0 Å². The highest BCUT2D eigenvalue weighted by Gasteiger charge is 2.00. The van der Waals surface area contributed by atoms with Crippen molar-refractivity contribution in [3.63, 3.8) is 0 Å². The molecule has 2 rings (SSSR count). The molecular weight excluding hydrogens is 442 g/mol. The van der Waals surface area contributed by atoms with Crippen LogP contribution in [-0.4, -0.2) is 30.0 Å². The Bertz CT molecular complexity index is 860. The summed E-state index contributed by atoms with van der Waals surface area (Å²) in [4.78, 5) is 43.0. The molecule has 0 bridgehead atoms. The van der Waals surface area contributed by atoms with E-state index in [1.165, 1.54) is 20.8 Å². The van der Waals surface area contributed by atoms with Gasteiger partial charge in [0.1, 0.15) is 5.78 Å². The summed E-state index contributed by atoms with van der Waals surface area (Å²) in [6.07, 6.45) is 6.99. The minimum Gasteiger partial charge on any atom is -0.356 e. The van der Waals surface area contributed by atoms with Crippen molar-refractivity contribution < 1.29 is 19.2 Å². The van der Waals surface area contributed by atoms with E-state index in [1.807, 2.05) is 48.5 Å². The van der Waals surface area contributed by atoms with Gasteiger partial charge in [0.25, 0.3) is 0 Å². The molecule has 0 fully saturated rings. The van der Waals surface area contributed by atoms with Gasteiger partial charge in [0.15, 0.2) is 0 Å². The molecule has 2 aromatic carbocycles. The average molecular weight is 482 g/mol. The van der Waals surface area contributed by atoms with Crippen molar-refractivity contribution >= 4 is 34.9 Å². The van der Waals surface area contributed by atoms with Crippen LogP contribution >= 0.6 is 0 Å². The van der Waals surface area contributed by atoms with Gasteiger partial charge in [-0.1, -0.05) is 43.5 Å². The van der Waals surface area contributed by atoms with Crippen LogP contribution in [-0.2, 0) is 25.6 Å². The first-order valence-corrected chi connectivity index (χ1v) is 12.1. The molecule has 3 amide bonds. The van der Waals surface area contributed by atoms with Crippen LogP contribution in [0.15, 0.2) is 48.5 Å². The van der Waals surface area contributed by atoms with E-state index in [2.05, 4.69) is 16.0 Å². The molecule has 0 radical (unpaired) electrons. The smallest absolute Gasteiger partial charge is 0.221 e. The van der Waals surface area contributed by atoms with Crippen LogP contribution in [0.25, 0.3) is 0 Å². The van der Waals surface area contributed by atoms with Crippen LogP contribution in [0.5, 0.6) is 0 Å². The van der Waals surface area contributed by atoms with Crippen molar-refractivity contribution in [2.75, 3.05) is 17.2 Å². The highest BCUT2D eigenvalue weighted by atomic mass is 16.2. The Labute approximate surface area is 209 Å². The summed E-state index contributed by atoms with van der Waals surface area (Å²) in [5.41, 5.74) is 3.92. The molecule has 0 aliphatic rings. The van der Waals surface area contributed by atoms with E-state index >= 15 is 0 Å². The second-order valence-corrected chi connectivity index (χ2v) is 8.64. The van der Waals surface area contributed by atoms with Gasteiger partial charge in [-0.15, -0.1) is 0 Å². The zero-order valence-electron chi connectivity index (χ0n) is 21.4. The number of rotatable bonds is 12. The maximum Gasteiger partial charge on any atom is 0.221 e. The first-order valence-electron chi connectivity index (χ1n) is 12.1. The summed E-state index contributed by atoms with van der Waals surface area (Å²) in [7, 11) is 0. The van der Waals surface area contributed by atoms with E-state index in [1.54, 1.807) is 6.92 Å². The van der Waals surface area contributed by atoms with E-state index in [0.717, 1.165) is 67.6 Å². The summed E-state index contributed by atoms with van der Waals surface area (Å²) < 4.78 is 0. The number of unbranched alkanes of at least 4 members (excludes halogenated alkanes) is 4. The fourth-order valence-electron chi connectivity index (χ4n) is 3.35. The lowest BCUT2D eigenvalue weighted by Crippen LogP contribution is -2.20. The van der Waals surface area contributed by atoms with Gasteiger partial charge in [0, 0.05) is 45.1 Å². The number of anilines is 2. The lowest BCUT2D eigenvalue weighted by molar-refractivity contribution is -0.119. The molecule has 0 spiro atoms. The van der Waals surface area contributed by atoms with Gasteiger partial charge in [-0.3, -0.25) is 14.4 Å². The van der Waals surface area contributed by atoms with Gasteiger partial charge in [0.05, 0.1) is 0 Å². The maximum absolute atomic E-state index is 11.0. The molecule has 0 saturated carbocycles. The second kappa shape index (κ2) is 17.0. The minimum atomic E-state index is -0.0729. The lowest BCUT2D eigenvalue weighted by Gasteiger charge is -2.06. The molecule has 0 aliphatic carbocycles. The molecule has 7 heteroatoms. The van der Waals surface area contributed by atoms with E-state index in [-0.39, 0.29) is 23.5 Å². The van der Waals surface area contributed by atoms with Gasteiger partial charge >= 0.3 is 0 Å². The van der Waals surface area contributed by atoms with Gasteiger partial charge in [0.2, 0.25) is 17.7 Å². The third kappa shape index (κ3) is 15.9. The Kier molecular flexibility index (Phi) is 14.4. The number of Topliss-reactive ketones (excluding diaryl/α,β-unsaturated/α-hetero) is 1. The van der Waals surface area contributed by atoms with Crippen molar-refractivity contribution in [1.82, 2.24) is 5.32 Å². The Morgan fingerprint density at radius 2 is 1.00 bits per heavy atom. The number of ketones is 1. The fourth-order valence-corrected chi connectivity index (χ4v) is 3.35. The predicted octanol–water partition coefficient (Wildman–Crippen LogP) is 5.25. The summed E-state index contributed by atoms with van der Waals surface area (Å²) in [5, 5.41) is 8.25. The van der Waals surface area contributed by atoms with Crippen LogP contribution in [0, 0.1) is 0 Å². The SMILES string of the molecule is CC(=O)CCCCCCCNC(C)=O.CC(=O)Nc1ccc(Cc2ccc(NC(C)=O)cc2)cc1. The summed E-state index contributed by atoms with van der Waals surface area (Å²) >= 11 is 0. The normalized spacial score (nSPS) is 9.94. The molecule has 7 nitrogen and oxygen atoms in total. The van der Waals surface area contributed by atoms with Gasteiger partial charge in [-0.05, 0) is 61.6 Å². The maximum atomic E-state index is 11.0. The Morgan fingerprint density at radius 3 is 1.40 bits per heavy atom. The average Bonchev–Trinajstić information content (AvgIpc) is 2.77. The number of carbonyl (C=O) groups is 4. The van der Waals surface area contributed by atoms with Crippen LogP contribution in [0.3, 0.4) is 0 Å². The number of nitrogens with one attached hydrogen (secondary N) is 3. The second-order valence-electron chi connectivity index (χ2n) is 8.64. The van der Waals surface area contributed by atoms with E-state index in [9.17, 15) is 19.2 Å². The molecule has 0 saturated heterocycles. The third-order valence-electron chi connectivity index (χ3n) is 5.04. The summed E-state index contributed by atoms with van der Waals surface area (Å²) in [5.74, 6) is 0.178. The number of amides is 3. The summed E-state index contributed by atoms with van der Waals surface area (Å²) in [6.45, 7) is 6.93. The summed E-state index contributed by atoms with van der Waals surface area (Å²) in [6, 6.07) is 15.5. The van der Waals surface area contributed by atoms with E-state index in [0.29, 0.717) is 6.42 Å². The lowest BCUT2D eigenvalue weighted by atomic mass is 10.0. The van der Waals surface area contributed by atoms with Gasteiger partial charge < -0.3 is 20.7 Å². The monoisotopic (exact) mass is 481 g/mol. The van der Waals surface area contributed by atoms with Crippen molar-refractivity contribution in [3.8, 4) is 0 Å². The standard InChI is InChI=1S/C17H18N2O2.C11H21NO2/c1-12(20)18-16-7-3-14(4-8-16)11-15-5-9-17(10-6-15)19-13(2)21;1-10(13)8-6-4-3-5-7-9-12-11(2)14/h3-10H,11H2,1-2H3,(H,18,20)(H,19,21);3-9H2,1-2H3,(H,12,14). The van der Waals surface area contributed by atoms with Gasteiger partial charge in [-0.25, -0.2) is 0 Å². The number of carbonyl (C=O) groups excluding carboxylic acids is 4. The van der Waals surface area contributed by atoms with Crippen LogP contribution in [0.2, 0.25) is 0 Å². The van der Waals surface area contributed by atoms with E-state index in [4.69, 9.17) is 0 Å². The highest BCUT2D eigenvalue weighted by Crippen LogP contribution is 2.16. The van der Waals surface area contributed by atoms with Gasteiger partial charge in [-0.2, -0.15) is 0 Å². The molecule has 3 N–H and O–H groups in total. The van der Waals surface area contributed by atoms with Crippen molar-refractivity contribution in [2.24, 2.45) is 0 Å². The fraction of sp³-hybridized carbons (Fsp3) is 0.429. The predicted molar refractivity (Wildman–Crippen MR) is 141 cm³/mol. The first-order chi connectivity index (χ1) is 16.7. The van der Waals surface area contributed by atoms with Crippen molar-refractivity contribution in [3.05, 3.63) is 59.7 Å². The Balaban J connectivity index is 0.000000383. The number of hydrogen-bond acceptors (Lipinski definition) is 4. The van der Waals surface area contributed by atoms with Crippen LogP contribution in [0.1, 0.15) is 77.3 Å². The van der Waals surface area contributed by atoms with Crippen molar-refractivity contribution in [1.29, 1.82) is 0 Å². The molecular formula is C28H39N3O4. The van der Waals surface area contributed by atoms with Crippen molar-refractivity contribution in [2.45, 2.75) is 72.6 Å². The third-order valence-corrected chi connectivity index (χ3v) is 5.04. The quantitative estimate of drug-likeness (QED) is 0.360. The largest absolute Gasteiger partial charge is 0.356 e.